The molecule has 1 fully saturated rings. The Morgan fingerprint density at radius 3 is 2.59 bits per heavy atom. The van der Waals surface area contributed by atoms with E-state index in [2.05, 4.69) is 20.4 Å². The third kappa shape index (κ3) is 2.95. The zero-order chi connectivity index (χ0) is 18.2. The largest absolute Gasteiger partial charge is 0.335 e. The molecule has 1 N–H and O–H groups in total. The number of nitrogens with one attached hydrogen (secondary N) is 1. The minimum Gasteiger partial charge on any atom is -0.335 e. The highest BCUT2D eigenvalue weighted by atomic mass is 16.5. The van der Waals surface area contributed by atoms with E-state index in [4.69, 9.17) is 4.52 Å². The van der Waals surface area contributed by atoms with Crippen LogP contribution >= 0.6 is 0 Å². The molecular weight excluding hydrogens is 340 g/mol. The first-order chi connectivity index (χ1) is 13.3. The van der Waals surface area contributed by atoms with Gasteiger partial charge in [0.1, 0.15) is 5.69 Å². The molecule has 1 amide bonds. The van der Waals surface area contributed by atoms with Crippen LogP contribution in [0.4, 0.5) is 5.69 Å². The number of carbonyl (C=O) groups is 1. The summed E-state index contributed by atoms with van der Waals surface area (Å²) in [7, 11) is 0. The van der Waals surface area contributed by atoms with Gasteiger partial charge in [0.25, 0.3) is 11.6 Å². The van der Waals surface area contributed by atoms with Gasteiger partial charge < -0.3 is 9.84 Å². The topological polar surface area (TPSA) is 80.9 Å². The van der Waals surface area contributed by atoms with Crippen molar-refractivity contribution in [3.8, 4) is 11.3 Å². The van der Waals surface area contributed by atoms with Crippen molar-refractivity contribution in [3.05, 3.63) is 72.2 Å². The molecule has 0 bridgehead atoms. The third-order valence-electron chi connectivity index (χ3n) is 4.69. The van der Waals surface area contributed by atoms with Crippen LogP contribution in [0.2, 0.25) is 0 Å². The fourth-order valence-electron chi connectivity index (χ4n) is 3.16. The molecule has 1 aromatic carbocycles. The molecule has 0 saturated heterocycles. The highest BCUT2D eigenvalue weighted by Crippen LogP contribution is 2.41. The van der Waals surface area contributed by atoms with E-state index >= 15 is 0 Å². The Morgan fingerprint density at radius 2 is 1.85 bits per heavy atom. The minimum atomic E-state index is -0.212. The van der Waals surface area contributed by atoms with E-state index < -0.39 is 0 Å². The molecule has 0 spiro atoms. The van der Waals surface area contributed by atoms with Gasteiger partial charge in [-0.1, -0.05) is 35.5 Å². The first-order valence-electron chi connectivity index (χ1n) is 8.87. The van der Waals surface area contributed by atoms with Gasteiger partial charge in [-0.15, -0.1) is 0 Å². The minimum absolute atomic E-state index is 0.212. The maximum Gasteiger partial charge on any atom is 0.259 e. The number of rotatable bonds is 4. The fraction of sp³-hybridized carbons (Fsp3) is 0.143. The Kier molecular flexibility index (Phi) is 3.67. The van der Waals surface area contributed by atoms with Crippen molar-refractivity contribution in [1.29, 1.82) is 0 Å². The van der Waals surface area contributed by atoms with Crippen LogP contribution in [0.5, 0.6) is 0 Å². The summed E-state index contributed by atoms with van der Waals surface area (Å²) in [6.07, 6.45) is 5.46. The van der Waals surface area contributed by atoms with E-state index in [1.165, 1.54) is 0 Å². The second-order valence-electron chi connectivity index (χ2n) is 6.64. The molecule has 1 aliphatic carbocycles. The summed E-state index contributed by atoms with van der Waals surface area (Å²) in [4.78, 5) is 21.7. The number of hydrogen-bond donors (Lipinski definition) is 1. The number of anilines is 1. The predicted octanol–water partition coefficient (Wildman–Crippen LogP) is 4.41. The Hall–Kier alpha value is -3.54. The van der Waals surface area contributed by atoms with Crippen LogP contribution in [0.15, 0.2) is 65.4 Å². The Balaban J connectivity index is 1.66. The molecule has 6 nitrogen and oxygen atoms in total. The zero-order valence-corrected chi connectivity index (χ0v) is 14.4. The first kappa shape index (κ1) is 15.7. The zero-order valence-electron chi connectivity index (χ0n) is 14.4. The molecule has 0 unspecified atom stereocenters. The molecule has 3 heterocycles. The number of carbonyl (C=O) groups excluding carboxylic acids is 1. The lowest BCUT2D eigenvalue weighted by Gasteiger charge is -2.08. The van der Waals surface area contributed by atoms with Gasteiger partial charge in [-0.3, -0.25) is 9.78 Å². The third-order valence-corrected chi connectivity index (χ3v) is 4.69. The summed E-state index contributed by atoms with van der Waals surface area (Å²) in [5.74, 6) is 0.183. The fourth-order valence-corrected chi connectivity index (χ4v) is 3.16. The van der Waals surface area contributed by atoms with Gasteiger partial charge in [0.15, 0.2) is 0 Å². The number of benzene rings is 1. The number of aromatic nitrogens is 3. The lowest BCUT2D eigenvalue weighted by molar-refractivity contribution is 0.102. The first-order valence-corrected chi connectivity index (χ1v) is 8.87. The summed E-state index contributed by atoms with van der Waals surface area (Å²) in [5, 5.41) is 7.77. The summed E-state index contributed by atoms with van der Waals surface area (Å²) >= 11 is 0. The van der Waals surface area contributed by atoms with E-state index in [9.17, 15) is 4.79 Å². The van der Waals surface area contributed by atoms with E-state index in [-0.39, 0.29) is 5.91 Å². The Labute approximate surface area is 155 Å². The van der Waals surface area contributed by atoms with Gasteiger partial charge >= 0.3 is 0 Å². The quantitative estimate of drug-likeness (QED) is 0.585. The van der Waals surface area contributed by atoms with Crippen molar-refractivity contribution in [2.75, 3.05) is 5.32 Å². The molecule has 0 aliphatic heterocycles. The molecule has 1 aliphatic rings. The SMILES string of the molecule is O=C(Nc1ccncc1)c1cc(C2CC2)nc2onc(-c3ccccc3)c12. The maximum atomic E-state index is 13.1. The van der Waals surface area contributed by atoms with Gasteiger partial charge in [-0.25, -0.2) is 4.98 Å². The molecule has 27 heavy (non-hydrogen) atoms. The smallest absolute Gasteiger partial charge is 0.259 e. The van der Waals surface area contributed by atoms with Crippen LogP contribution in [-0.4, -0.2) is 21.0 Å². The highest BCUT2D eigenvalue weighted by Gasteiger charge is 2.29. The second-order valence-corrected chi connectivity index (χ2v) is 6.64. The van der Waals surface area contributed by atoms with Gasteiger partial charge in [-0.05, 0) is 31.0 Å². The lowest BCUT2D eigenvalue weighted by atomic mass is 10.0. The van der Waals surface area contributed by atoms with Gasteiger partial charge in [0.05, 0.1) is 10.9 Å². The number of fused-ring (bicyclic) bond motifs is 1. The van der Waals surface area contributed by atoms with Crippen molar-refractivity contribution in [2.45, 2.75) is 18.8 Å². The van der Waals surface area contributed by atoms with Crippen LogP contribution in [0.1, 0.15) is 34.8 Å². The van der Waals surface area contributed by atoms with Crippen LogP contribution < -0.4 is 5.32 Å². The molecule has 0 radical (unpaired) electrons. The number of amides is 1. The molecule has 6 heteroatoms. The van der Waals surface area contributed by atoms with E-state index in [0.717, 1.165) is 24.1 Å². The second kappa shape index (κ2) is 6.32. The molecule has 0 atom stereocenters. The van der Waals surface area contributed by atoms with Crippen molar-refractivity contribution >= 4 is 22.7 Å². The average molecular weight is 356 g/mol. The molecular formula is C21H16N4O2. The van der Waals surface area contributed by atoms with E-state index in [1.807, 2.05) is 36.4 Å². The van der Waals surface area contributed by atoms with Crippen molar-refractivity contribution in [3.63, 3.8) is 0 Å². The summed E-state index contributed by atoms with van der Waals surface area (Å²) in [6, 6.07) is 15.1. The Morgan fingerprint density at radius 1 is 1.07 bits per heavy atom. The molecule has 4 aromatic rings. The molecule has 3 aromatic heterocycles. The molecule has 5 rings (SSSR count). The van der Waals surface area contributed by atoms with Crippen LogP contribution in [0, 0.1) is 0 Å². The van der Waals surface area contributed by atoms with Gasteiger partial charge in [0.2, 0.25) is 0 Å². The van der Waals surface area contributed by atoms with Gasteiger partial charge in [0, 0.05) is 35.3 Å². The summed E-state index contributed by atoms with van der Waals surface area (Å²) < 4.78 is 5.51. The van der Waals surface area contributed by atoms with E-state index in [1.54, 1.807) is 24.5 Å². The monoisotopic (exact) mass is 356 g/mol. The maximum absolute atomic E-state index is 13.1. The molecule has 1 saturated carbocycles. The van der Waals surface area contributed by atoms with Crippen LogP contribution in [-0.2, 0) is 0 Å². The normalized spacial score (nSPS) is 13.6. The van der Waals surface area contributed by atoms with Crippen molar-refractivity contribution < 1.29 is 9.32 Å². The Bertz CT molecular complexity index is 1120. The predicted molar refractivity (Wildman–Crippen MR) is 101 cm³/mol. The standard InChI is InChI=1S/C21H16N4O2/c26-20(23-15-8-10-22-11-9-15)16-12-17(13-6-7-13)24-21-18(16)19(25-27-21)14-4-2-1-3-5-14/h1-5,8-13H,6-7H2,(H,22,23,26). The molecule has 132 valence electrons. The van der Waals surface area contributed by atoms with Crippen molar-refractivity contribution in [1.82, 2.24) is 15.1 Å². The van der Waals surface area contributed by atoms with Gasteiger partial charge in [-0.2, -0.15) is 0 Å². The number of pyridine rings is 2. The summed E-state index contributed by atoms with van der Waals surface area (Å²) in [5.41, 5.74) is 4.01. The van der Waals surface area contributed by atoms with E-state index in [0.29, 0.717) is 34.0 Å². The van der Waals surface area contributed by atoms with Crippen LogP contribution in [0.25, 0.3) is 22.4 Å². The van der Waals surface area contributed by atoms with Crippen molar-refractivity contribution in [2.24, 2.45) is 0 Å². The number of hydrogen-bond acceptors (Lipinski definition) is 5. The summed E-state index contributed by atoms with van der Waals surface area (Å²) in [6.45, 7) is 0. The lowest BCUT2D eigenvalue weighted by Crippen LogP contribution is -2.13. The average Bonchev–Trinajstić information content (AvgIpc) is 3.48. The highest BCUT2D eigenvalue weighted by molar-refractivity contribution is 6.14. The van der Waals surface area contributed by atoms with Crippen LogP contribution in [0.3, 0.4) is 0 Å². The number of nitrogens with zero attached hydrogens (tertiary/aromatic N) is 3.